The Balaban J connectivity index is 1.98. The molecule has 0 aliphatic heterocycles. The van der Waals surface area contributed by atoms with E-state index in [1.165, 1.54) is 11.1 Å². The van der Waals surface area contributed by atoms with Crippen LogP contribution in [0.1, 0.15) is 16.8 Å². The van der Waals surface area contributed by atoms with Gasteiger partial charge in [0.25, 0.3) is 0 Å². The number of hydrogen-bond acceptors (Lipinski definition) is 2. The fourth-order valence-electron chi connectivity index (χ4n) is 2.27. The van der Waals surface area contributed by atoms with Crippen LogP contribution < -0.4 is 0 Å². The largest absolute Gasteiger partial charge is 0.348 e. The minimum atomic E-state index is 0.680. The van der Waals surface area contributed by atoms with Crippen LogP contribution in [0.25, 0.3) is 11.1 Å². The summed E-state index contributed by atoms with van der Waals surface area (Å²) >= 11 is 0. The zero-order chi connectivity index (χ0) is 13.8. The highest BCUT2D eigenvalue weighted by Gasteiger charge is 2.06. The third-order valence-electron chi connectivity index (χ3n) is 3.28. The van der Waals surface area contributed by atoms with Crippen LogP contribution >= 0.6 is 0 Å². The summed E-state index contributed by atoms with van der Waals surface area (Å²) in [5.74, 6) is 0. The van der Waals surface area contributed by atoms with Crippen molar-refractivity contribution in [2.24, 2.45) is 0 Å². The first kappa shape index (κ1) is 12.2. The van der Waals surface area contributed by atoms with Crippen molar-refractivity contribution in [2.75, 3.05) is 0 Å². The maximum atomic E-state index is 8.86. The van der Waals surface area contributed by atoms with E-state index in [2.05, 4.69) is 28.2 Å². The quantitative estimate of drug-likeness (QED) is 0.782. The first-order chi connectivity index (χ1) is 9.86. The molecular weight excluding hydrogens is 246 g/mol. The number of nitriles is 1. The highest BCUT2D eigenvalue weighted by Crippen LogP contribution is 2.25. The second-order valence-electron chi connectivity index (χ2n) is 4.60. The summed E-state index contributed by atoms with van der Waals surface area (Å²) in [5, 5.41) is 8.86. The molecule has 20 heavy (non-hydrogen) atoms. The summed E-state index contributed by atoms with van der Waals surface area (Å²) in [5.41, 5.74) is 5.32. The molecule has 0 saturated heterocycles. The van der Waals surface area contributed by atoms with Gasteiger partial charge in [0.1, 0.15) is 0 Å². The van der Waals surface area contributed by atoms with E-state index < -0.39 is 0 Å². The highest BCUT2D eigenvalue weighted by molar-refractivity contribution is 5.68. The van der Waals surface area contributed by atoms with Gasteiger partial charge in [-0.15, -0.1) is 0 Å². The Morgan fingerprint density at radius 2 is 1.85 bits per heavy atom. The monoisotopic (exact) mass is 259 g/mol. The minimum absolute atomic E-state index is 0.680. The molecule has 0 aliphatic carbocycles. The zero-order valence-corrected chi connectivity index (χ0v) is 10.9. The Hall–Kier alpha value is -2.86. The number of nitrogens with zero attached hydrogens (tertiary/aromatic N) is 2. The molecule has 0 saturated carbocycles. The van der Waals surface area contributed by atoms with Crippen LogP contribution in [-0.4, -0.2) is 9.97 Å². The molecule has 0 fully saturated rings. The third kappa shape index (κ3) is 2.45. The summed E-state index contributed by atoms with van der Waals surface area (Å²) in [6.07, 6.45) is 4.35. The third-order valence-corrected chi connectivity index (χ3v) is 3.28. The number of H-pyrrole nitrogens is 1. The molecule has 1 aromatic heterocycles. The lowest BCUT2D eigenvalue weighted by Crippen LogP contribution is -1.92. The van der Waals surface area contributed by atoms with Gasteiger partial charge < -0.3 is 4.98 Å². The molecular formula is C17H13N3. The first-order valence-electron chi connectivity index (χ1n) is 6.42. The van der Waals surface area contributed by atoms with Crippen molar-refractivity contribution in [3.05, 3.63) is 77.9 Å². The molecule has 0 spiro atoms. The number of imidazole rings is 1. The van der Waals surface area contributed by atoms with Gasteiger partial charge >= 0.3 is 0 Å². The highest BCUT2D eigenvalue weighted by atomic mass is 14.9. The average Bonchev–Trinajstić information content (AvgIpc) is 3.01. The van der Waals surface area contributed by atoms with Crippen LogP contribution in [0.15, 0.2) is 61.1 Å². The summed E-state index contributed by atoms with van der Waals surface area (Å²) in [6.45, 7) is 0. The SMILES string of the molecule is N#Cc1ccc(-c2ccccc2Cc2cnc[nH]2)cc1. The van der Waals surface area contributed by atoms with E-state index in [0.29, 0.717) is 5.56 Å². The molecule has 3 rings (SSSR count). The standard InChI is InChI=1S/C17H13N3/c18-10-13-5-7-14(8-6-13)17-4-2-1-3-15(17)9-16-11-19-12-20-16/h1-8,11-12H,9H2,(H,19,20). The molecule has 0 atom stereocenters. The molecule has 2 aromatic carbocycles. The maximum Gasteiger partial charge on any atom is 0.0991 e. The number of hydrogen-bond donors (Lipinski definition) is 1. The normalized spacial score (nSPS) is 10.2. The van der Waals surface area contributed by atoms with E-state index in [1.54, 1.807) is 6.33 Å². The predicted octanol–water partition coefficient (Wildman–Crippen LogP) is 3.54. The Labute approximate surface area is 117 Å². The van der Waals surface area contributed by atoms with Crippen LogP contribution in [0.5, 0.6) is 0 Å². The maximum absolute atomic E-state index is 8.86. The van der Waals surface area contributed by atoms with Gasteiger partial charge in [0.05, 0.1) is 18.0 Å². The first-order valence-corrected chi connectivity index (χ1v) is 6.42. The van der Waals surface area contributed by atoms with E-state index in [-0.39, 0.29) is 0 Å². The van der Waals surface area contributed by atoms with Gasteiger partial charge in [-0.05, 0) is 28.8 Å². The average molecular weight is 259 g/mol. The van der Waals surface area contributed by atoms with E-state index >= 15 is 0 Å². The zero-order valence-electron chi connectivity index (χ0n) is 10.9. The van der Waals surface area contributed by atoms with E-state index in [1.807, 2.05) is 42.6 Å². The predicted molar refractivity (Wildman–Crippen MR) is 78.0 cm³/mol. The molecule has 0 amide bonds. The number of aromatic amines is 1. The van der Waals surface area contributed by atoms with Crippen LogP contribution in [-0.2, 0) is 6.42 Å². The van der Waals surface area contributed by atoms with Crippen LogP contribution in [0.2, 0.25) is 0 Å². The van der Waals surface area contributed by atoms with E-state index in [0.717, 1.165) is 17.7 Å². The second-order valence-corrected chi connectivity index (χ2v) is 4.60. The molecule has 1 heterocycles. The smallest absolute Gasteiger partial charge is 0.0991 e. The van der Waals surface area contributed by atoms with E-state index in [9.17, 15) is 0 Å². The number of rotatable bonds is 3. The molecule has 96 valence electrons. The molecule has 3 heteroatoms. The lowest BCUT2D eigenvalue weighted by atomic mass is 9.96. The van der Waals surface area contributed by atoms with Crippen molar-refractivity contribution in [3.8, 4) is 17.2 Å². The van der Waals surface area contributed by atoms with E-state index in [4.69, 9.17) is 5.26 Å². The van der Waals surface area contributed by atoms with Gasteiger partial charge in [-0.3, -0.25) is 0 Å². The lowest BCUT2D eigenvalue weighted by Gasteiger charge is -2.09. The second kappa shape index (κ2) is 5.41. The van der Waals surface area contributed by atoms with Crippen molar-refractivity contribution < 1.29 is 0 Å². The van der Waals surface area contributed by atoms with Crippen molar-refractivity contribution in [1.82, 2.24) is 9.97 Å². The number of aromatic nitrogens is 2. The van der Waals surface area contributed by atoms with Crippen molar-refractivity contribution in [1.29, 1.82) is 5.26 Å². The minimum Gasteiger partial charge on any atom is -0.348 e. The molecule has 0 bridgehead atoms. The summed E-state index contributed by atoms with van der Waals surface area (Å²) in [4.78, 5) is 7.18. The molecule has 0 unspecified atom stereocenters. The van der Waals surface area contributed by atoms with Gasteiger partial charge in [-0.2, -0.15) is 5.26 Å². The van der Waals surface area contributed by atoms with Gasteiger partial charge in [0.2, 0.25) is 0 Å². The summed E-state index contributed by atoms with van der Waals surface area (Å²) < 4.78 is 0. The Kier molecular flexibility index (Phi) is 3.30. The Morgan fingerprint density at radius 3 is 2.55 bits per heavy atom. The number of nitrogens with one attached hydrogen (secondary N) is 1. The van der Waals surface area contributed by atoms with Crippen molar-refractivity contribution >= 4 is 0 Å². The van der Waals surface area contributed by atoms with Crippen molar-refractivity contribution in [2.45, 2.75) is 6.42 Å². The fourth-order valence-corrected chi connectivity index (χ4v) is 2.27. The Morgan fingerprint density at radius 1 is 1.05 bits per heavy atom. The van der Waals surface area contributed by atoms with Crippen LogP contribution in [0.4, 0.5) is 0 Å². The lowest BCUT2D eigenvalue weighted by molar-refractivity contribution is 1.11. The molecule has 0 radical (unpaired) electrons. The van der Waals surface area contributed by atoms with Gasteiger partial charge in [-0.1, -0.05) is 36.4 Å². The molecule has 0 aliphatic rings. The van der Waals surface area contributed by atoms with Crippen LogP contribution in [0, 0.1) is 11.3 Å². The number of benzene rings is 2. The molecule has 3 nitrogen and oxygen atoms in total. The van der Waals surface area contributed by atoms with Gasteiger partial charge in [0, 0.05) is 18.3 Å². The van der Waals surface area contributed by atoms with Crippen molar-refractivity contribution in [3.63, 3.8) is 0 Å². The topological polar surface area (TPSA) is 52.5 Å². The fraction of sp³-hybridized carbons (Fsp3) is 0.0588. The summed E-state index contributed by atoms with van der Waals surface area (Å²) in [7, 11) is 0. The van der Waals surface area contributed by atoms with Gasteiger partial charge in [0.15, 0.2) is 0 Å². The molecule has 1 N–H and O–H groups in total. The Bertz CT molecular complexity index is 735. The van der Waals surface area contributed by atoms with Crippen LogP contribution in [0.3, 0.4) is 0 Å². The van der Waals surface area contributed by atoms with Gasteiger partial charge in [-0.25, -0.2) is 4.98 Å². The molecule has 3 aromatic rings. The summed E-state index contributed by atoms with van der Waals surface area (Å²) in [6, 6.07) is 18.1.